The van der Waals surface area contributed by atoms with E-state index in [2.05, 4.69) is 19.2 Å². The SMILES string of the molecule is CCC1CCC(C)N1S(=O)(=O)CC1CCNCC1. The number of rotatable bonds is 4. The van der Waals surface area contributed by atoms with Crippen molar-refractivity contribution >= 4 is 10.0 Å². The fourth-order valence-corrected chi connectivity index (χ4v) is 5.83. The molecular weight excluding hydrogens is 248 g/mol. The van der Waals surface area contributed by atoms with Gasteiger partial charge in [-0.3, -0.25) is 0 Å². The largest absolute Gasteiger partial charge is 0.317 e. The summed E-state index contributed by atoms with van der Waals surface area (Å²) in [6, 6.07) is 0.438. The highest BCUT2D eigenvalue weighted by molar-refractivity contribution is 7.89. The zero-order valence-corrected chi connectivity index (χ0v) is 12.4. The lowest BCUT2D eigenvalue weighted by atomic mass is 10.0. The highest BCUT2D eigenvalue weighted by atomic mass is 32.2. The molecule has 0 amide bonds. The molecule has 106 valence electrons. The fraction of sp³-hybridized carbons (Fsp3) is 1.00. The Morgan fingerprint density at radius 2 is 1.83 bits per heavy atom. The summed E-state index contributed by atoms with van der Waals surface area (Å²) in [5, 5.41) is 3.29. The molecule has 2 heterocycles. The van der Waals surface area contributed by atoms with Gasteiger partial charge < -0.3 is 5.32 Å². The Labute approximate surface area is 111 Å². The molecule has 2 atom stereocenters. The first-order valence-electron chi connectivity index (χ1n) is 7.26. The highest BCUT2D eigenvalue weighted by Gasteiger charge is 2.39. The van der Waals surface area contributed by atoms with E-state index in [1.54, 1.807) is 0 Å². The lowest BCUT2D eigenvalue weighted by Gasteiger charge is -2.30. The number of piperidine rings is 1. The molecule has 5 heteroatoms. The molecule has 0 aliphatic carbocycles. The van der Waals surface area contributed by atoms with Crippen LogP contribution in [0, 0.1) is 5.92 Å². The summed E-state index contributed by atoms with van der Waals surface area (Å²) in [5.74, 6) is 0.705. The van der Waals surface area contributed by atoms with E-state index < -0.39 is 10.0 Å². The Balaban J connectivity index is 2.04. The van der Waals surface area contributed by atoms with Gasteiger partial charge in [0.15, 0.2) is 0 Å². The summed E-state index contributed by atoms with van der Waals surface area (Å²) in [6.45, 7) is 6.07. The molecule has 0 aromatic carbocycles. The van der Waals surface area contributed by atoms with Crippen molar-refractivity contribution in [2.45, 2.75) is 58.0 Å². The van der Waals surface area contributed by atoms with Crippen LogP contribution in [0.5, 0.6) is 0 Å². The third-order valence-corrected chi connectivity index (χ3v) is 6.60. The van der Waals surface area contributed by atoms with Gasteiger partial charge in [0, 0.05) is 12.1 Å². The molecule has 2 rings (SSSR count). The van der Waals surface area contributed by atoms with Crippen LogP contribution in [0.4, 0.5) is 0 Å². The Morgan fingerprint density at radius 1 is 1.17 bits per heavy atom. The van der Waals surface area contributed by atoms with Gasteiger partial charge >= 0.3 is 0 Å². The van der Waals surface area contributed by atoms with Crippen LogP contribution in [0.2, 0.25) is 0 Å². The second-order valence-electron chi connectivity index (χ2n) is 5.79. The number of nitrogens with zero attached hydrogens (tertiary/aromatic N) is 1. The molecule has 0 aromatic rings. The molecule has 2 saturated heterocycles. The zero-order chi connectivity index (χ0) is 13.2. The third kappa shape index (κ3) is 3.06. The van der Waals surface area contributed by atoms with Crippen LogP contribution in [0.1, 0.15) is 46.0 Å². The fourth-order valence-electron chi connectivity index (χ4n) is 3.37. The molecule has 2 unspecified atom stereocenters. The second-order valence-corrected chi connectivity index (χ2v) is 7.71. The van der Waals surface area contributed by atoms with Gasteiger partial charge in [-0.2, -0.15) is 4.31 Å². The maximum absolute atomic E-state index is 12.6. The first kappa shape index (κ1) is 14.3. The van der Waals surface area contributed by atoms with Gasteiger partial charge in [0.1, 0.15) is 0 Å². The van der Waals surface area contributed by atoms with Crippen molar-refractivity contribution in [1.82, 2.24) is 9.62 Å². The molecule has 0 radical (unpaired) electrons. The molecule has 0 aromatic heterocycles. The van der Waals surface area contributed by atoms with Crippen molar-refractivity contribution in [3.8, 4) is 0 Å². The quantitative estimate of drug-likeness (QED) is 0.847. The van der Waals surface area contributed by atoms with Crippen LogP contribution in [0.25, 0.3) is 0 Å². The van der Waals surface area contributed by atoms with Crippen LogP contribution < -0.4 is 5.32 Å². The highest BCUT2D eigenvalue weighted by Crippen LogP contribution is 2.30. The van der Waals surface area contributed by atoms with Crippen molar-refractivity contribution in [2.75, 3.05) is 18.8 Å². The van der Waals surface area contributed by atoms with Crippen molar-refractivity contribution in [1.29, 1.82) is 0 Å². The molecule has 0 spiro atoms. The van der Waals surface area contributed by atoms with E-state index in [0.717, 1.165) is 45.2 Å². The van der Waals surface area contributed by atoms with E-state index in [-0.39, 0.29) is 12.1 Å². The van der Waals surface area contributed by atoms with Crippen LogP contribution in [-0.2, 0) is 10.0 Å². The second kappa shape index (κ2) is 5.88. The van der Waals surface area contributed by atoms with E-state index in [4.69, 9.17) is 0 Å². The van der Waals surface area contributed by atoms with Crippen molar-refractivity contribution in [3.63, 3.8) is 0 Å². The Bertz CT molecular complexity index is 363. The van der Waals surface area contributed by atoms with Crippen molar-refractivity contribution in [3.05, 3.63) is 0 Å². The summed E-state index contributed by atoms with van der Waals surface area (Å²) in [5.41, 5.74) is 0. The van der Waals surface area contributed by atoms with E-state index in [1.807, 2.05) is 4.31 Å². The van der Waals surface area contributed by atoms with Crippen LogP contribution >= 0.6 is 0 Å². The Morgan fingerprint density at radius 3 is 2.44 bits per heavy atom. The predicted molar refractivity (Wildman–Crippen MR) is 74.0 cm³/mol. The molecule has 0 bridgehead atoms. The summed E-state index contributed by atoms with van der Waals surface area (Å²) in [6.07, 6.45) is 4.99. The molecule has 2 fully saturated rings. The van der Waals surface area contributed by atoms with Crippen LogP contribution in [0.3, 0.4) is 0 Å². The predicted octanol–water partition coefficient (Wildman–Crippen LogP) is 1.58. The van der Waals surface area contributed by atoms with Gasteiger partial charge in [-0.1, -0.05) is 6.92 Å². The van der Waals surface area contributed by atoms with Gasteiger partial charge in [0.05, 0.1) is 5.75 Å². The molecule has 18 heavy (non-hydrogen) atoms. The molecule has 2 aliphatic heterocycles. The van der Waals surface area contributed by atoms with E-state index in [9.17, 15) is 8.42 Å². The Hall–Kier alpha value is -0.130. The van der Waals surface area contributed by atoms with Crippen LogP contribution in [-0.4, -0.2) is 43.6 Å². The van der Waals surface area contributed by atoms with E-state index in [1.165, 1.54) is 0 Å². The minimum Gasteiger partial charge on any atom is -0.317 e. The van der Waals surface area contributed by atoms with Gasteiger partial charge in [0.25, 0.3) is 0 Å². The minimum atomic E-state index is -3.06. The summed E-state index contributed by atoms with van der Waals surface area (Å²) in [4.78, 5) is 0. The van der Waals surface area contributed by atoms with Crippen molar-refractivity contribution in [2.24, 2.45) is 5.92 Å². The third-order valence-electron chi connectivity index (χ3n) is 4.41. The molecule has 0 saturated carbocycles. The minimum absolute atomic E-state index is 0.196. The number of hydrogen-bond donors (Lipinski definition) is 1. The Kier molecular flexibility index (Phi) is 4.67. The van der Waals surface area contributed by atoms with Gasteiger partial charge in [-0.05, 0) is 58.0 Å². The lowest BCUT2D eigenvalue weighted by Crippen LogP contribution is -2.43. The first-order chi connectivity index (χ1) is 8.54. The number of nitrogens with one attached hydrogen (secondary N) is 1. The topological polar surface area (TPSA) is 49.4 Å². The summed E-state index contributed by atoms with van der Waals surface area (Å²) >= 11 is 0. The molecule has 4 nitrogen and oxygen atoms in total. The van der Waals surface area contributed by atoms with E-state index in [0.29, 0.717) is 11.7 Å². The van der Waals surface area contributed by atoms with Gasteiger partial charge in [-0.25, -0.2) is 8.42 Å². The van der Waals surface area contributed by atoms with E-state index >= 15 is 0 Å². The maximum atomic E-state index is 12.6. The van der Waals surface area contributed by atoms with Crippen LogP contribution in [0.15, 0.2) is 0 Å². The molecular formula is C13H26N2O2S. The van der Waals surface area contributed by atoms with Crippen molar-refractivity contribution < 1.29 is 8.42 Å². The summed E-state index contributed by atoms with van der Waals surface area (Å²) < 4.78 is 27.0. The molecule has 2 aliphatic rings. The summed E-state index contributed by atoms with van der Waals surface area (Å²) in [7, 11) is -3.06. The smallest absolute Gasteiger partial charge is 0.214 e. The zero-order valence-electron chi connectivity index (χ0n) is 11.6. The molecule has 1 N–H and O–H groups in total. The normalized spacial score (nSPS) is 31.9. The lowest BCUT2D eigenvalue weighted by molar-refractivity contribution is 0.319. The first-order valence-corrected chi connectivity index (χ1v) is 8.87. The monoisotopic (exact) mass is 274 g/mol. The maximum Gasteiger partial charge on any atom is 0.214 e. The van der Waals surface area contributed by atoms with Gasteiger partial charge in [0.2, 0.25) is 10.0 Å². The van der Waals surface area contributed by atoms with Gasteiger partial charge in [-0.15, -0.1) is 0 Å². The standard InChI is InChI=1S/C13H26N2O2S/c1-3-13-5-4-11(2)15(13)18(16,17)10-12-6-8-14-9-7-12/h11-14H,3-10H2,1-2H3. The number of hydrogen-bond acceptors (Lipinski definition) is 3. The average molecular weight is 274 g/mol. The number of sulfonamides is 1. The average Bonchev–Trinajstić information content (AvgIpc) is 2.72.